The lowest BCUT2D eigenvalue weighted by atomic mass is 9.97. The van der Waals surface area contributed by atoms with E-state index < -0.39 is 79.7 Å². The predicted molar refractivity (Wildman–Crippen MR) is 147 cm³/mol. The molecule has 2 aliphatic rings. The number of aliphatic hydroxyl groups is 5. The van der Waals surface area contributed by atoms with Gasteiger partial charge in [-0.05, 0) is 54.8 Å². The van der Waals surface area contributed by atoms with Gasteiger partial charge < -0.3 is 69.6 Å². The van der Waals surface area contributed by atoms with Gasteiger partial charge in [0.1, 0.15) is 36.6 Å². The molecule has 0 unspecified atom stereocenters. The summed E-state index contributed by atoms with van der Waals surface area (Å²) in [6.45, 7) is 0.606. The number of hydrogen-bond acceptors (Lipinski definition) is 15. The van der Waals surface area contributed by atoms with Crippen LogP contribution in [0.3, 0.4) is 0 Å². The third-order valence-corrected chi connectivity index (χ3v) is 7.27. The average Bonchev–Trinajstić information content (AvgIpc) is 2.99. The summed E-state index contributed by atoms with van der Waals surface area (Å²) < 4.78 is 28.2. The summed E-state index contributed by atoms with van der Waals surface area (Å²) in [6, 6.07) is 7.98. The first kappa shape index (κ1) is 33.4. The van der Waals surface area contributed by atoms with Crippen molar-refractivity contribution in [2.75, 3.05) is 13.2 Å². The molecule has 10 atom stereocenters. The highest BCUT2D eigenvalue weighted by Crippen LogP contribution is 2.32. The Morgan fingerprint density at radius 3 is 2.16 bits per heavy atom. The van der Waals surface area contributed by atoms with Crippen LogP contribution in [-0.4, -0.2) is 127 Å². The molecule has 2 aromatic rings. The van der Waals surface area contributed by atoms with Gasteiger partial charge in [-0.3, -0.25) is 0 Å². The Hall–Kier alpha value is -3.51. The molecule has 0 saturated carbocycles. The number of esters is 1. The van der Waals surface area contributed by atoms with Crippen LogP contribution in [0.25, 0.3) is 6.08 Å². The van der Waals surface area contributed by atoms with Gasteiger partial charge in [-0.25, -0.2) is 4.79 Å². The molecule has 242 valence electrons. The molecule has 0 aliphatic carbocycles. The Morgan fingerprint density at radius 1 is 0.818 bits per heavy atom. The standard InChI is InChI=1S/C29H36O15/c1-13-22(36)23(37)24(38)29(41-13)44-27-25(39)28(40-9-8-15-3-6-17(32)19(34)11-15)42-20(12-30)26(27)43-21(35)7-4-14-2-5-16(31)18(33)10-14/h2-7,10-11,13,20,22-34,36-39H,8-9,12H2,1H3/b7-4+/t13-,20-,22-,23+,24+,25-,26-,27-,28-,29-/m1/s1. The van der Waals surface area contributed by atoms with Crippen LogP contribution < -0.4 is 0 Å². The number of phenolic OH excluding ortho intramolecular Hbond substituents is 4. The highest BCUT2D eigenvalue weighted by Gasteiger charge is 2.52. The Bertz CT molecular complexity index is 1300. The zero-order valence-electron chi connectivity index (χ0n) is 23.5. The van der Waals surface area contributed by atoms with Crippen molar-refractivity contribution >= 4 is 12.0 Å². The van der Waals surface area contributed by atoms with Crippen LogP contribution in [-0.2, 0) is 34.9 Å². The number of benzene rings is 2. The molecule has 2 aliphatic heterocycles. The molecule has 4 rings (SSSR count). The normalized spacial score (nSPS) is 32.5. The first-order valence-corrected chi connectivity index (χ1v) is 13.7. The molecule has 0 amide bonds. The first-order chi connectivity index (χ1) is 20.9. The largest absolute Gasteiger partial charge is 0.504 e. The van der Waals surface area contributed by atoms with Crippen LogP contribution in [0.2, 0.25) is 0 Å². The zero-order valence-corrected chi connectivity index (χ0v) is 23.5. The summed E-state index contributed by atoms with van der Waals surface area (Å²) in [4.78, 5) is 12.8. The van der Waals surface area contributed by atoms with Crippen LogP contribution in [0, 0.1) is 0 Å². The van der Waals surface area contributed by atoms with Gasteiger partial charge in [-0.2, -0.15) is 0 Å². The Kier molecular flexibility index (Phi) is 11.0. The van der Waals surface area contributed by atoms with Crippen LogP contribution in [0.15, 0.2) is 42.5 Å². The maximum atomic E-state index is 12.8. The van der Waals surface area contributed by atoms with Gasteiger partial charge in [0.2, 0.25) is 0 Å². The smallest absolute Gasteiger partial charge is 0.331 e. The maximum Gasteiger partial charge on any atom is 0.331 e. The highest BCUT2D eigenvalue weighted by molar-refractivity contribution is 5.87. The minimum atomic E-state index is -1.77. The van der Waals surface area contributed by atoms with E-state index in [9.17, 15) is 50.8 Å². The Labute approximate surface area is 251 Å². The molecule has 0 bridgehead atoms. The van der Waals surface area contributed by atoms with E-state index in [1.807, 2.05) is 0 Å². The SMILES string of the molecule is C[C@H]1O[C@H](O[C@@H]2[C@@H](O)[C@H](OCCc3ccc(O)c(O)c3)O[C@H](CO)[C@H]2OC(=O)/C=C/c2ccc(O)c(O)c2)[C@@H](O)[C@@H](O)[C@@H]1O. The predicted octanol–water partition coefficient (Wildman–Crippen LogP) is -1.02. The second kappa shape index (κ2) is 14.5. The summed E-state index contributed by atoms with van der Waals surface area (Å²) in [5.41, 5.74) is 0.914. The maximum absolute atomic E-state index is 12.8. The van der Waals surface area contributed by atoms with Gasteiger partial charge in [0.15, 0.2) is 41.7 Å². The lowest BCUT2D eigenvalue weighted by Gasteiger charge is -2.46. The Morgan fingerprint density at radius 2 is 1.50 bits per heavy atom. The molecule has 2 saturated heterocycles. The van der Waals surface area contributed by atoms with Crippen LogP contribution in [0.1, 0.15) is 18.1 Å². The molecule has 9 N–H and O–H groups in total. The molecule has 0 aromatic heterocycles. The average molecular weight is 625 g/mol. The molecular weight excluding hydrogens is 588 g/mol. The minimum absolute atomic E-state index is 0.0754. The van der Waals surface area contributed by atoms with Gasteiger partial charge >= 0.3 is 5.97 Å². The molecule has 2 aromatic carbocycles. The molecular formula is C29H36O15. The topological polar surface area (TPSA) is 245 Å². The van der Waals surface area contributed by atoms with Gasteiger partial charge in [0, 0.05) is 6.08 Å². The zero-order chi connectivity index (χ0) is 32.1. The monoisotopic (exact) mass is 624 g/mol. The van der Waals surface area contributed by atoms with Crippen molar-refractivity contribution in [2.45, 2.75) is 74.8 Å². The van der Waals surface area contributed by atoms with E-state index in [0.29, 0.717) is 11.1 Å². The second-order valence-corrected chi connectivity index (χ2v) is 10.4. The molecule has 44 heavy (non-hydrogen) atoms. The molecule has 15 nitrogen and oxygen atoms in total. The van der Waals surface area contributed by atoms with Crippen molar-refractivity contribution in [1.29, 1.82) is 0 Å². The summed E-state index contributed by atoms with van der Waals surface area (Å²) in [5.74, 6) is -2.40. The van der Waals surface area contributed by atoms with Gasteiger partial charge in [-0.1, -0.05) is 12.1 Å². The number of hydrogen-bond donors (Lipinski definition) is 9. The number of rotatable bonds is 10. The quantitative estimate of drug-likeness (QED) is 0.0873. The number of aliphatic hydroxyl groups excluding tert-OH is 5. The second-order valence-electron chi connectivity index (χ2n) is 10.4. The molecule has 2 heterocycles. The van der Waals surface area contributed by atoms with Crippen LogP contribution in [0.4, 0.5) is 0 Å². The van der Waals surface area contributed by atoms with Crippen molar-refractivity contribution in [1.82, 2.24) is 0 Å². The van der Waals surface area contributed by atoms with Crippen molar-refractivity contribution in [3.05, 3.63) is 53.6 Å². The first-order valence-electron chi connectivity index (χ1n) is 13.7. The summed E-state index contributed by atoms with van der Waals surface area (Å²) >= 11 is 0. The van der Waals surface area contributed by atoms with Gasteiger partial charge in [0.25, 0.3) is 0 Å². The third kappa shape index (κ3) is 7.76. The lowest BCUT2D eigenvalue weighted by molar-refractivity contribution is -0.357. The number of ether oxygens (including phenoxy) is 5. The molecule has 0 radical (unpaired) electrons. The lowest BCUT2D eigenvalue weighted by Crippen LogP contribution is -2.65. The van der Waals surface area contributed by atoms with Gasteiger partial charge in [0.05, 0.1) is 19.3 Å². The van der Waals surface area contributed by atoms with E-state index in [0.717, 1.165) is 6.08 Å². The van der Waals surface area contributed by atoms with Crippen molar-refractivity contribution < 1.29 is 74.4 Å². The van der Waals surface area contributed by atoms with E-state index >= 15 is 0 Å². The van der Waals surface area contributed by atoms with E-state index in [4.69, 9.17) is 23.7 Å². The fourth-order valence-electron chi connectivity index (χ4n) is 4.76. The molecule has 2 fully saturated rings. The van der Waals surface area contributed by atoms with E-state index in [1.54, 1.807) is 6.07 Å². The molecule has 15 heteroatoms. The van der Waals surface area contributed by atoms with Gasteiger partial charge in [-0.15, -0.1) is 0 Å². The summed E-state index contributed by atoms with van der Waals surface area (Å²) in [5, 5.41) is 90.5. The van der Waals surface area contributed by atoms with E-state index in [2.05, 4.69) is 0 Å². The third-order valence-electron chi connectivity index (χ3n) is 7.27. The Balaban J connectivity index is 1.52. The number of carbonyl (C=O) groups is 1. The minimum Gasteiger partial charge on any atom is -0.504 e. The van der Waals surface area contributed by atoms with E-state index in [1.165, 1.54) is 43.3 Å². The van der Waals surface area contributed by atoms with Crippen molar-refractivity contribution in [3.8, 4) is 23.0 Å². The molecule has 0 spiro atoms. The number of aromatic hydroxyl groups is 4. The number of phenols is 4. The van der Waals surface area contributed by atoms with E-state index in [-0.39, 0.29) is 30.3 Å². The fourth-order valence-corrected chi connectivity index (χ4v) is 4.76. The van der Waals surface area contributed by atoms with Crippen molar-refractivity contribution in [3.63, 3.8) is 0 Å². The summed E-state index contributed by atoms with van der Waals surface area (Å²) in [7, 11) is 0. The van der Waals surface area contributed by atoms with Crippen molar-refractivity contribution in [2.24, 2.45) is 0 Å². The van der Waals surface area contributed by atoms with Crippen LogP contribution in [0.5, 0.6) is 23.0 Å². The summed E-state index contributed by atoms with van der Waals surface area (Å²) in [6.07, 6.45) is -12.6. The highest BCUT2D eigenvalue weighted by atomic mass is 16.7. The number of carbonyl (C=O) groups excluding carboxylic acids is 1. The van der Waals surface area contributed by atoms with Crippen LogP contribution >= 0.6 is 0 Å². The fraction of sp³-hybridized carbons (Fsp3) is 0.483.